The molecule has 5 heteroatoms. The smallest absolute Gasteiger partial charge is 0.323 e. The first kappa shape index (κ1) is 15.9. The third-order valence-corrected chi connectivity index (χ3v) is 2.98. The van der Waals surface area contributed by atoms with Gasteiger partial charge in [-0.05, 0) is 26.8 Å². The number of nitrogens with two attached hydrogens (primary N) is 1. The van der Waals surface area contributed by atoms with Crippen LogP contribution in [0.25, 0.3) is 0 Å². The van der Waals surface area contributed by atoms with Crippen molar-refractivity contribution >= 4 is 27.7 Å². The Bertz CT molecular complexity index is 480. The Morgan fingerprint density at radius 3 is 2.42 bits per heavy atom. The zero-order valence-electron chi connectivity index (χ0n) is 11.3. The summed E-state index contributed by atoms with van der Waals surface area (Å²) in [5.74, 6) is -0.751. The average Bonchev–Trinajstić information content (AvgIpc) is 2.27. The second-order valence-electron chi connectivity index (χ2n) is 5.25. The summed E-state index contributed by atoms with van der Waals surface area (Å²) in [6, 6.07) is 6.09. The fourth-order valence-electron chi connectivity index (χ4n) is 1.46. The van der Waals surface area contributed by atoms with Gasteiger partial charge in [0.05, 0.1) is 0 Å². The van der Waals surface area contributed by atoms with Crippen molar-refractivity contribution in [1.82, 2.24) is 0 Å². The molecule has 104 valence electrons. The molecule has 19 heavy (non-hydrogen) atoms. The highest BCUT2D eigenvalue weighted by molar-refractivity contribution is 9.10. The number of carbonyl (C=O) groups is 2. The molecule has 0 heterocycles. The van der Waals surface area contributed by atoms with Crippen LogP contribution in [0, 0.1) is 0 Å². The molecule has 0 aliphatic rings. The van der Waals surface area contributed by atoms with Crippen molar-refractivity contribution in [2.24, 2.45) is 5.73 Å². The third-order valence-electron chi connectivity index (χ3n) is 2.29. The molecule has 0 saturated heterocycles. The van der Waals surface area contributed by atoms with E-state index in [4.69, 9.17) is 10.5 Å². The lowest BCUT2D eigenvalue weighted by Crippen LogP contribution is -2.38. The Hall–Kier alpha value is -1.20. The highest BCUT2D eigenvalue weighted by Gasteiger charge is 2.25. The predicted molar refractivity (Wildman–Crippen MR) is 76.9 cm³/mol. The van der Waals surface area contributed by atoms with Gasteiger partial charge in [-0.2, -0.15) is 0 Å². The van der Waals surface area contributed by atoms with Crippen molar-refractivity contribution in [2.45, 2.75) is 38.8 Å². The summed E-state index contributed by atoms with van der Waals surface area (Å²) in [6.45, 7) is 5.27. The van der Waals surface area contributed by atoms with E-state index < -0.39 is 17.6 Å². The van der Waals surface area contributed by atoms with Crippen LogP contribution in [0.2, 0.25) is 0 Å². The maximum Gasteiger partial charge on any atom is 0.323 e. The van der Waals surface area contributed by atoms with Crippen molar-refractivity contribution in [2.75, 3.05) is 0 Å². The van der Waals surface area contributed by atoms with Crippen LogP contribution in [-0.2, 0) is 9.53 Å². The normalized spacial score (nSPS) is 12.9. The van der Waals surface area contributed by atoms with Crippen LogP contribution >= 0.6 is 15.9 Å². The summed E-state index contributed by atoms with van der Waals surface area (Å²) in [6.07, 6.45) is -0.0719. The summed E-state index contributed by atoms with van der Waals surface area (Å²) in [4.78, 5) is 23.7. The predicted octanol–water partition coefficient (Wildman–Crippen LogP) is 2.69. The Kier molecular flexibility index (Phi) is 5.26. The minimum atomic E-state index is -0.946. The van der Waals surface area contributed by atoms with Crippen molar-refractivity contribution < 1.29 is 14.3 Å². The molecule has 0 fully saturated rings. The van der Waals surface area contributed by atoms with Gasteiger partial charge in [0.2, 0.25) is 0 Å². The molecule has 0 saturated carbocycles. The molecule has 0 aromatic heterocycles. The molecule has 0 aliphatic heterocycles. The summed E-state index contributed by atoms with van der Waals surface area (Å²) in [5.41, 5.74) is 5.61. The highest BCUT2D eigenvalue weighted by atomic mass is 79.9. The van der Waals surface area contributed by atoms with E-state index in [1.54, 1.807) is 39.0 Å². The molecule has 0 aliphatic carbocycles. The second kappa shape index (κ2) is 6.30. The van der Waals surface area contributed by atoms with E-state index in [9.17, 15) is 9.59 Å². The molecule has 2 N–H and O–H groups in total. The van der Waals surface area contributed by atoms with Crippen molar-refractivity contribution in [3.63, 3.8) is 0 Å². The van der Waals surface area contributed by atoms with Crippen molar-refractivity contribution in [1.29, 1.82) is 0 Å². The number of ketones is 1. The zero-order valence-corrected chi connectivity index (χ0v) is 12.9. The van der Waals surface area contributed by atoms with Crippen LogP contribution in [0.3, 0.4) is 0 Å². The first-order valence-electron chi connectivity index (χ1n) is 5.97. The number of ether oxygens (including phenoxy) is 1. The molecule has 1 atom stereocenters. The van der Waals surface area contributed by atoms with Gasteiger partial charge in [-0.1, -0.05) is 34.1 Å². The maximum atomic E-state index is 12.0. The Labute approximate surface area is 121 Å². The molecular formula is C14H18BrNO3. The summed E-state index contributed by atoms with van der Waals surface area (Å²) in [5, 5.41) is 0. The first-order valence-corrected chi connectivity index (χ1v) is 6.76. The number of carbonyl (C=O) groups excluding carboxylic acids is 2. The van der Waals surface area contributed by atoms with Crippen LogP contribution in [0.5, 0.6) is 0 Å². The molecule has 0 amide bonds. The fraction of sp³-hybridized carbons (Fsp3) is 0.429. The summed E-state index contributed by atoms with van der Waals surface area (Å²) < 4.78 is 5.83. The average molecular weight is 328 g/mol. The van der Waals surface area contributed by atoms with Crippen LogP contribution in [-0.4, -0.2) is 23.4 Å². The Morgan fingerprint density at radius 2 is 1.89 bits per heavy atom. The number of rotatable bonds is 4. The van der Waals surface area contributed by atoms with Gasteiger partial charge in [-0.25, -0.2) is 0 Å². The van der Waals surface area contributed by atoms with Gasteiger partial charge in [0, 0.05) is 16.5 Å². The fourth-order valence-corrected chi connectivity index (χ4v) is 1.96. The molecule has 0 bridgehead atoms. The van der Waals surface area contributed by atoms with E-state index in [0.717, 1.165) is 0 Å². The number of Topliss-reactive ketones (excluding diaryl/α,β-unsaturated/α-hetero) is 1. The number of benzene rings is 1. The Balaban J connectivity index is 2.67. The largest absolute Gasteiger partial charge is 0.459 e. The molecule has 1 rings (SSSR count). The second-order valence-corrected chi connectivity index (χ2v) is 6.10. The van der Waals surface area contributed by atoms with Crippen molar-refractivity contribution in [3.8, 4) is 0 Å². The molecule has 0 radical (unpaired) electrons. The quantitative estimate of drug-likeness (QED) is 0.681. The van der Waals surface area contributed by atoms with Gasteiger partial charge in [-0.15, -0.1) is 0 Å². The van der Waals surface area contributed by atoms with Crippen LogP contribution in [0.1, 0.15) is 37.6 Å². The third kappa shape index (κ3) is 5.12. The van der Waals surface area contributed by atoms with Gasteiger partial charge in [0.15, 0.2) is 5.78 Å². The molecule has 1 aromatic rings. The van der Waals surface area contributed by atoms with E-state index in [0.29, 0.717) is 10.0 Å². The first-order chi connectivity index (χ1) is 8.70. The molecule has 4 nitrogen and oxygen atoms in total. The van der Waals surface area contributed by atoms with Crippen LogP contribution in [0.15, 0.2) is 28.7 Å². The number of esters is 1. The lowest BCUT2D eigenvalue weighted by molar-refractivity contribution is -0.156. The molecular weight excluding hydrogens is 310 g/mol. The van der Waals surface area contributed by atoms with Crippen LogP contribution < -0.4 is 5.73 Å². The molecule has 1 unspecified atom stereocenters. The highest BCUT2D eigenvalue weighted by Crippen LogP contribution is 2.18. The minimum Gasteiger partial charge on any atom is -0.459 e. The van der Waals surface area contributed by atoms with E-state index in [-0.39, 0.29) is 12.2 Å². The van der Waals surface area contributed by atoms with Gasteiger partial charge >= 0.3 is 5.97 Å². The van der Waals surface area contributed by atoms with Gasteiger partial charge in [0.1, 0.15) is 11.6 Å². The number of halogens is 1. The topological polar surface area (TPSA) is 69.4 Å². The SMILES string of the molecule is CC(C)(C)OC(=O)C(N)CC(=O)c1ccccc1Br. The monoisotopic (exact) mass is 327 g/mol. The summed E-state index contributed by atoms with van der Waals surface area (Å²) >= 11 is 3.29. The standard InChI is InChI=1S/C14H18BrNO3/c1-14(2,3)19-13(18)11(16)8-12(17)9-6-4-5-7-10(9)15/h4-7,11H,8,16H2,1-3H3. The number of hydrogen-bond donors (Lipinski definition) is 1. The summed E-state index contributed by atoms with van der Waals surface area (Å²) in [7, 11) is 0. The zero-order chi connectivity index (χ0) is 14.6. The molecule has 0 spiro atoms. The Morgan fingerprint density at radius 1 is 1.32 bits per heavy atom. The van der Waals surface area contributed by atoms with Gasteiger partial charge < -0.3 is 10.5 Å². The maximum absolute atomic E-state index is 12.0. The lowest BCUT2D eigenvalue weighted by atomic mass is 10.0. The number of hydrogen-bond acceptors (Lipinski definition) is 4. The van der Waals surface area contributed by atoms with Crippen molar-refractivity contribution in [3.05, 3.63) is 34.3 Å². The van der Waals surface area contributed by atoms with Gasteiger partial charge in [-0.3, -0.25) is 9.59 Å². The lowest BCUT2D eigenvalue weighted by Gasteiger charge is -2.22. The van der Waals surface area contributed by atoms with E-state index in [1.165, 1.54) is 0 Å². The van der Waals surface area contributed by atoms with Crippen LogP contribution in [0.4, 0.5) is 0 Å². The van der Waals surface area contributed by atoms with E-state index in [1.807, 2.05) is 6.07 Å². The van der Waals surface area contributed by atoms with Gasteiger partial charge in [0.25, 0.3) is 0 Å². The molecule has 1 aromatic carbocycles. The van der Waals surface area contributed by atoms with E-state index in [2.05, 4.69) is 15.9 Å². The van der Waals surface area contributed by atoms with E-state index >= 15 is 0 Å². The minimum absolute atomic E-state index is 0.0719.